The van der Waals surface area contributed by atoms with E-state index in [-0.39, 0.29) is 17.3 Å². The molecule has 1 heterocycles. The highest BCUT2D eigenvalue weighted by Crippen LogP contribution is 2.17. The predicted molar refractivity (Wildman–Crippen MR) is 61.7 cm³/mol. The van der Waals surface area contributed by atoms with E-state index in [0.29, 0.717) is 12.4 Å². The van der Waals surface area contributed by atoms with E-state index in [1.807, 2.05) is 0 Å². The van der Waals surface area contributed by atoms with Crippen LogP contribution in [0.15, 0.2) is 16.5 Å². The molecule has 6 heteroatoms. The number of anilines is 1. The fourth-order valence-electron chi connectivity index (χ4n) is 1.13. The van der Waals surface area contributed by atoms with Gasteiger partial charge in [-0.15, -0.1) is 0 Å². The summed E-state index contributed by atoms with van der Waals surface area (Å²) in [5, 5.41) is 0. The van der Waals surface area contributed by atoms with E-state index < -0.39 is 9.84 Å². The standard InChI is InChI=1S/C10H15NO4S/c1-8(12)9-4-5-10(15-9)11(2)6-7-16(3,13)14/h4-5H,6-7H2,1-3H3. The molecule has 90 valence electrons. The van der Waals surface area contributed by atoms with Crippen molar-refractivity contribution in [1.29, 1.82) is 0 Å². The van der Waals surface area contributed by atoms with E-state index in [2.05, 4.69) is 0 Å². The van der Waals surface area contributed by atoms with Gasteiger partial charge in [0.2, 0.25) is 0 Å². The van der Waals surface area contributed by atoms with Gasteiger partial charge in [0.25, 0.3) is 0 Å². The number of carbonyl (C=O) groups excluding carboxylic acids is 1. The molecule has 0 amide bonds. The predicted octanol–water partition coefficient (Wildman–Crippen LogP) is 0.963. The molecule has 0 fully saturated rings. The van der Waals surface area contributed by atoms with Crippen molar-refractivity contribution in [3.63, 3.8) is 0 Å². The van der Waals surface area contributed by atoms with Crippen molar-refractivity contribution in [2.24, 2.45) is 0 Å². The lowest BCUT2D eigenvalue weighted by Gasteiger charge is -2.14. The van der Waals surface area contributed by atoms with Gasteiger partial charge in [0, 0.05) is 32.8 Å². The largest absolute Gasteiger partial charge is 0.437 e. The average molecular weight is 245 g/mol. The molecule has 16 heavy (non-hydrogen) atoms. The van der Waals surface area contributed by atoms with E-state index >= 15 is 0 Å². The SMILES string of the molecule is CC(=O)c1ccc(N(C)CCS(C)(=O)=O)o1. The Balaban J connectivity index is 2.66. The van der Waals surface area contributed by atoms with E-state index in [1.54, 1.807) is 24.1 Å². The molecule has 0 spiro atoms. The number of sulfone groups is 1. The van der Waals surface area contributed by atoms with Crippen LogP contribution in [0.2, 0.25) is 0 Å². The van der Waals surface area contributed by atoms with E-state index in [1.165, 1.54) is 13.2 Å². The number of rotatable bonds is 5. The van der Waals surface area contributed by atoms with Crippen LogP contribution >= 0.6 is 0 Å². The zero-order chi connectivity index (χ0) is 12.3. The van der Waals surface area contributed by atoms with Gasteiger partial charge in [-0.2, -0.15) is 0 Å². The summed E-state index contributed by atoms with van der Waals surface area (Å²) in [5.74, 6) is 0.678. The second kappa shape index (κ2) is 4.69. The number of hydrogen-bond acceptors (Lipinski definition) is 5. The number of Topliss-reactive ketones (excluding diaryl/α,β-unsaturated/α-hetero) is 1. The molecule has 1 rings (SSSR count). The molecule has 1 aromatic heterocycles. The highest BCUT2D eigenvalue weighted by molar-refractivity contribution is 7.90. The molecule has 1 aromatic rings. The lowest BCUT2D eigenvalue weighted by atomic mass is 10.3. The molecule has 0 aliphatic heterocycles. The van der Waals surface area contributed by atoms with Crippen LogP contribution in [0.4, 0.5) is 5.88 Å². The molecule has 0 saturated heterocycles. The Morgan fingerprint density at radius 2 is 2.06 bits per heavy atom. The van der Waals surface area contributed by atoms with Crippen LogP contribution < -0.4 is 4.90 Å². The first kappa shape index (κ1) is 12.8. The molecule has 0 unspecified atom stereocenters. The zero-order valence-electron chi connectivity index (χ0n) is 9.56. The van der Waals surface area contributed by atoms with E-state index in [0.717, 1.165) is 0 Å². The van der Waals surface area contributed by atoms with Crippen molar-refractivity contribution in [2.45, 2.75) is 6.92 Å². The molecule has 0 N–H and O–H groups in total. The zero-order valence-corrected chi connectivity index (χ0v) is 10.4. The normalized spacial score (nSPS) is 11.4. The van der Waals surface area contributed by atoms with Gasteiger partial charge >= 0.3 is 0 Å². The summed E-state index contributed by atoms with van der Waals surface area (Å²) in [7, 11) is -1.27. The van der Waals surface area contributed by atoms with Crippen molar-refractivity contribution in [1.82, 2.24) is 0 Å². The molecule has 0 radical (unpaired) electrons. The minimum absolute atomic E-state index is 0.0552. The van der Waals surface area contributed by atoms with E-state index in [4.69, 9.17) is 4.42 Å². The van der Waals surface area contributed by atoms with Crippen molar-refractivity contribution < 1.29 is 17.6 Å². The Morgan fingerprint density at radius 1 is 1.44 bits per heavy atom. The molecular weight excluding hydrogens is 230 g/mol. The van der Waals surface area contributed by atoms with Crippen LogP contribution in [0.25, 0.3) is 0 Å². The maximum atomic E-state index is 11.0. The average Bonchev–Trinajstić information content (AvgIpc) is 2.61. The van der Waals surface area contributed by atoms with Crippen LogP contribution in [-0.2, 0) is 9.84 Å². The van der Waals surface area contributed by atoms with Gasteiger partial charge in [-0.1, -0.05) is 0 Å². The maximum Gasteiger partial charge on any atom is 0.196 e. The molecule has 0 saturated carbocycles. The third kappa shape index (κ3) is 3.69. The molecule has 5 nitrogen and oxygen atoms in total. The Hall–Kier alpha value is -1.30. The highest BCUT2D eigenvalue weighted by Gasteiger charge is 2.11. The summed E-state index contributed by atoms with van der Waals surface area (Å²) >= 11 is 0. The number of furan rings is 1. The van der Waals surface area contributed by atoms with Crippen LogP contribution in [0, 0.1) is 0 Å². The van der Waals surface area contributed by atoms with Gasteiger partial charge in [-0.25, -0.2) is 8.42 Å². The Kier molecular flexibility index (Phi) is 3.74. The van der Waals surface area contributed by atoms with E-state index in [9.17, 15) is 13.2 Å². The lowest BCUT2D eigenvalue weighted by molar-refractivity contribution is 0.0988. The van der Waals surface area contributed by atoms with Crippen LogP contribution in [0.1, 0.15) is 17.5 Å². The fourth-order valence-corrected chi connectivity index (χ4v) is 1.74. The van der Waals surface area contributed by atoms with Crippen LogP contribution in [0.5, 0.6) is 0 Å². The second-order valence-corrected chi connectivity index (χ2v) is 6.01. The molecule has 0 aliphatic carbocycles. The molecule has 0 atom stereocenters. The molecule has 0 aromatic carbocycles. The number of hydrogen-bond donors (Lipinski definition) is 0. The summed E-state index contributed by atoms with van der Waals surface area (Å²) < 4.78 is 27.2. The quantitative estimate of drug-likeness (QED) is 0.723. The van der Waals surface area contributed by atoms with Crippen molar-refractivity contribution in [3.05, 3.63) is 17.9 Å². The third-order valence-electron chi connectivity index (χ3n) is 2.11. The monoisotopic (exact) mass is 245 g/mol. The smallest absolute Gasteiger partial charge is 0.196 e. The van der Waals surface area contributed by atoms with Gasteiger partial charge in [-0.05, 0) is 6.07 Å². The highest BCUT2D eigenvalue weighted by atomic mass is 32.2. The Morgan fingerprint density at radius 3 is 2.50 bits per heavy atom. The third-order valence-corrected chi connectivity index (χ3v) is 3.04. The van der Waals surface area contributed by atoms with Crippen LogP contribution in [-0.4, -0.2) is 39.8 Å². The lowest BCUT2D eigenvalue weighted by Crippen LogP contribution is -2.24. The summed E-state index contributed by atoms with van der Waals surface area (Å²) in [5.41, 5.74) is 0. The first-order chi connectivity index (χ1) is 7.29. The van der Waals surface area contributed by atoms with Gasteiger partial charge in [-0.3, -0.25) is 4.79 Å². The Labute approximate surface area is 95.0 Å². The number of ketones is 1. The summed E-state index contributed by atoms with van der Waals surface area (Å²) in [4.78, 5) is 12.7. The second-order valence-electron chi connectivity index (χ2n) is 3.75. The minimum atomic E-state index is -2.99. The summed E-state index contributed by atoms with van der Waals surface area (Å²) in [6, 6.07) is 3.23. The first-order valence-corrected chi connectivity index (χ1v) is 6.85. The minimum Gasteiger partial charge on any atom is -0.437 e. The molecule has 0 bridgehead atoms. The molecular formula is C10H15NO4S. The van der Waals surface area contributed by atoms with Crippen molar-refractivity contribution in [3.8, 4) is 0 Å². The number of nitrogens with zero attached hydrogens (tertiary/aromatic N) is 1. The number of carbonyl (C=O) groups is 1. The first-order valence-electron chi connectivity index (χ1n) is 4.79. The summed E-state index contributed by atoms with van der Waals surface area (Å²) in [6.07, 6.45) is 1.18. The van der Waals surface area contributed by atoms with Gasteiger partial charge in [0.1, 0.15) is 9.84 Å². The molecule has 0 aliphatic rings. The topological polar surface area (TPSA) is 67.6 Å². The van der Waals surface area contributed by atoms with Crippen molar-refractivity contribution >= 4 is 21.5 Å². The van der Waals surface area contributed by atoms with Crippen molar-refractivity contribution in [2.75, 3.05) is 30.5 Å². The maximum absolute atomic E-state index is 11.0. The Bertz CT molecular complexity index is 475. The van der Waals surface area contributed by atoms with Gasteiger partial charge in [0.05, 0.1) is 5.75 Å². The van der Waals surface area contributed by atoms with Gasteiger partial charge < -0.3 is 9.32 Å². The van der Waals surface area contributed by atoms with Crippen LogP contribution in [0.3, 0.4) is 0 Å². The fraction of sp³-hybridized carbons (Fsp3) is 0.500. The summed E-state index contributed by atoms with van der Waals surface area (Å²) in [6.45, 7) is 1.75. The van der Waals surface area contributed by atoms with Gasteiger partial charge in [0.15, 0.2) is 17.4 Å².